The Hall–Kier alpha value is -3.27. The molecule has 9 nitrogen and oxygen atoms in total. The van der Waals surface area contributed by atoms with Crippen LogP contribution in [0.15, 0.2) is 36.1 Å². The van der Waals surface area contributed by atoms with Crippen LogP contribution < -0.4 is 10.6 Å². The van der Waals surface area contributed by atoms with Crippen LogP contribution in [0.25, 0.3) is 11.3 Å². The standard InChI is InChI=1S/C16H16N6O3S/c1-25-14(24)11-7-10(8-20-11)12-9-26-16(21-12)22-13(23)3-6-19-15-17-4-2-5-18-15/h2,4-5,7-9,20H,3,6H2,1H3,(H,17,18,19)(H,21,22,23). The van der Waals surface area contributed by atoms with E-state index in [1.54, 1.807) is 36.1 Å². The van der Waals surface area contributed by atoms with Gasteiger partial charge in [-0.15, -0.1) is 11.3 Å². The Balaban J connectivity index is 1.52. The van der Waals surface area contributed by atoms with E-state index < -0.39 is 5.97 Å². The van der Waals surface area contributed by atoms with E-state index in [0.29, 0.717) is 29.0 Å². The number of ether oxygens (including phenoxy) is 1. The Morgan fingerprint density at radius 3 is 2.88 bits per heavy atom. The highest BCUT2D eigenvalue weighted by molar-refractivity contribution is 7.14. The second-order valence-corrected chi connectivity index (χ2v) is 5.99. The molecule has 0 bridgehead atoms. The average molecular weight is 372 g/mol. The lowest BCUT2D eigenvalue weighted by Gasteiger charge is -2.03. The summed E-state index contributed by atoms with van der Waals surface area (Å²) in [5.74, 6) is -0.140. The minimum Gasteiger partial charge on any atom is -0.464 e. The number of hydrogen-bond acceptors (Lipinski definition) is 8. The number of aromatic amines is 1. The Kier molecular flexibility index (Phi) is 5.54. The number of nitrogens with one attached hydrogen (secondary N) is 3. The van der Waals surface area contributed by atoms with Gasteiger partial charge in [-0.3, -0.25) is 4.79 Å². The van der Waals surface area contributed by atoms with E-state index >= 15 is 0 Å². The lowest BCUT2D eigenvalue weighted by Crippen LogP contribution is -2.16. The van der Waals surface area contributed by atoms with Crippen LogP contribution in [0, 0.1) is 0 Å². The molecule has 0 saturated carbocycles. The van der Waals surface area contributed by atoms with Crippen molar-refractivity contribution in [1.82, 2.24) is 19.9 Å². The molecule has 0 aliphatic carbocycles. The normalized spacial score (nSPS) is 10.3. The van der Waals surface area contributed by atoms with Crippen molar-refractivity contribution < 1.29 is 14.3 Å². The number of carbonyl (C=O) groups is 2. The summed E-state index contributed by atoms with van der Waals surface area (Å²) >= 11 is 1.31. The first-order valence-corrected chi connectivity index (χ1v) is 8.57. The molecular formula is C16H16N6O3S. The first-order chi connectivity index (χ1) is 12.7. The number of nitrogens with zero attached hydrogens (tertiary/aromatic N) is 3. The molecule has 0 saturated heterocycles. The van der Waals surface area contributed by atoms with Gasteiger partial charge >= 0.3 is 5.97 Å². The lowest BCUT2D eigenvalue weighted by atomic mass is 10.2. The molecule has 0 radical (unpaired) electrons. The second kappa shape index (κ2) is 8.21. The Bertz CT molecular complexity index is 892. The number of aromatic nitrogens is 4. The van der Waals surface area contributed by atoms with Crippen LogP contribution in [0.4, 0.5) is 11.1 Å². The molecule has 3 aromatic heterocycles. The van der Waals surface area contributed by atoms with Gasteiger partial charge in [0.15, 0.2) is 5.13 Å². The molecule has 1 amide bonds. The zero-order chi connectivity index (χ0) is 18.4. The van der Waals surface area contributed by atoms with E-state index in [2.05, 4.69) is 35.3 Å². The molecule has 0 atom stereocenters. The first-order valence-electron chi connectivity index (χ1n) is 7.69. The number of anilines is 2. The number of amides is 1. The number of hydrogen-bond donors (Lipinski definition) is 3. The number of carbonyl (C=O) groups excluding carboxylic acids is 2. The van der Waals surface area contributed by atoms with Crippen molar-refractivity contribution in [3.8, 4) is 11.3 Å². The van der Waals surface area contributed by atoms with Crippen molar-refractivity contribution in [2.75, 3.05) is 24.3 Å². The van der Waals surface area contributed by atoms with Crippen LogP contribution in [0.1, 0.15) is 16.9 Å². The van der Waals surface area contributed by atoms with Gasteiger partial charge in [0.2, 0.25) is 11.9 Å². The zero-order valence-corrected chi connectivity index (χ0v) is 14.7. The van der Waals surface area contributed by atoms with E-state index in [9.17, 15) is 9.59 Å². The highest BCUT2D eigenvalue weighted by Gasteiger charge is 2.12. The van der Waals surface area contributed by atoms with Gasteiger partial charge in [-0.05, 0) is 12.1 Å². The molecule has 10 heteroatoms. The van der Waals surface area contributed by atoms with E-state index in [1.165, 1.54) is 18.4 Å². The Morgan fingerprint density at radius 2 is 2.12 bits per heavy atom. The van der Waals surface area contributed by atoms with Crippen molar-refractivity contribution >= 4 is 34.3 Å². The van der Waals surface area contributed by atoms with E-state index in [1.807, 2.05) is 0 Å². The summed E-state index contributed by atoms with van der Waals surface area (Å²) in [6.07, 6.45) is 5.17. The lowest BCUT2D eigenvalue weighted by molar-refractivity contribution is -0.115. The maximum atomic E-state index is 12.0. The fourth-order valence-corrected chi connectivity index (χ4v) is 2.83. The third kappa shape index (κ3) is 4.42. The highest BCUT2D eigenvalue weighted by Crippen LogP contribution is 2.25. The third-order valence-electron chi connectivity index (χ3n) is 3.34. The number of esters is 1. The fraction of sp³-hybridized carbons (Fsp3) is 0.188. The third-order valence-corrected chi connectivity index (χ3v) is 4.09. The average Bonchev–Trinajstić information content (AvgIpc) is 3.31. The predicted octanol–water partition coefficient (Wildman–Crippen LogP) is 2.16. The second-order valence-electron chi connectivity index (χ2n) is 5.13. The van der Waals surface area contributed by atoms with Crippen LogP contribution >= 0.6 is 11.3 Å². The highest BCUT2D eigenvalue weighted by atomic mass is 32.1. The Labute approximate surface area is 152 Å². The molecule has 0 aliphatic heterocycles. The maximum absolute atomic E-state index is 12.0. The number of thiazole rings is 1. The summed E-state index contributed by atoms with van der Waals surface area (Å²) in [5, 5.41) is 8.00. The molecule has 134 valence electrons. The molecule has 0 aliphatic rings. The van der Waals surface area contributed by atoms with Crippen LogP contribution in [0.5, 0.6) is 0 Å². The maximum Gasteiger partial charge on any atom is 0.354 e. The van der Waals surface area contributed by atoms with Gasteiger partial charge in [0, 0.05) is 42.5 Å². The minimum absolute atomic E-state index is 0.168. The van der Waals surface area contributed by atoms with Gasteiger partial charge in [0.05, 0.1) is 12.8 Å². The van der Waals surface area contributed by atoms with Crippen LogP contribution in [0.3, 0.4) is 0 Å². The molecule has 0 aromatic carbocycles. The summed E-state index contributed by atoms with van der Waals surface area (Å²) in [7, 11) is 1.32. The molecule has 26 heavy (non-hydrogen) atoms. The van der Waals surface area contributed by atoms with Crippen LogP contribution in [-0.2, 0) is 9.53 Å². The van der Waals surface area contributed by atoms with Gasteiger partial charge in [-0.2, -0.15) is 0 Å². The number of rotatable bonds is 7. The van der Waals surface area contributed by atoms with E-state index in [0.717, 1.165) is 5.56 Å². The molecule has 0 unspecified atom stereocenters. The summed E-state index contributed by atoms with van der Waals surface area (Å²) in [6.45, 7) is 0.411. The molecule has 0 fully saturated rings. The van der Waals surface area contributed by atoms with E-state index in [-0.39, 0.29) is 12.3 Å². The first kappa shape index (κ1) is 17.5. The van der Waals surface area contributed by atoms with Gasteiger partial charge in [0.1, 0.15) is 5.69 Å². The zero-order valence-electron chi connectivity index (χ0n) is 13.9. The largest absolute Gasteiger partial charge is 0.464 e. The van der Waals surface area contributed by atoms with Crippen molar-refractivity contribution in [2.45, 2.75) is 6.42 Å². The number of H-pyrrole nitrogens is 1. The Morgan fingerprint density at radius 1 is 1.31 bits per heavy atom. The monoisotopic (exact) mass is 372 g/mol. The van der Waals surface area contributed by atoms with E-state index in [4.69, 9.17) is 0 Å². The molecule has 3 aromatic rings. The molecule has 3 rings (SSSR count). The summed E-state index contributed by atoms with van der Waals surface area (Å²) in [4.78, 5) is 38.7. The van der Waals surface area contributed by atoms with Crippen molar-refractivity contribution in [2.24, 2.45) is 0 Å². The number of methoxy groups -OCH3 is 1. The smallest absolute Gasteiger partial charge is 0.354 e. The van der Waals surface area contributed by atoms with Crippen molar-refractivity contribution in [3.05, 3.63) is 41.8 Å². The van der Waals surface area contributed by atoms with Crippen LogP contribution in [-0.4, -0.2) is 45.5 Å². The predicted molar refractivity (Wildman–Crippen MR) is 97.0 cm³/mol. The molecule has 3 heterocycles. The van der Waals surface area contributed by atoms with Gasteiger partial charge in [-0.25, -0.2) is 19.7 Å². The molecule has 3 N–H and O–H groups in total. The SMILES string of the molecule is COC(=O)c1cc(-c2csc(NC(=O)CCNc3ncccn3)n2)c[nH]1. The summed E-state index contributed by atoms with van der Waals surface area (Å²) in [6, 6.07) is 3.37. The minimum atomic E-state index is -0.449. The van der Waals surface area contributed by atoms with Gasteiger partial charge in [-0.1, -0.05) is 0 Å². The van der Waals surface area contributed by atoms with Gasteiger partial charge in [0.25, 0.3) is 0 Å². The van der Waals surface area contributed by atoms with Crippen molar-refractivity contribution in [1.29, 1.82) is 0 Å². The summed E-state index contributed by atoms with van der Waals surface area (Å²) < 4.78 is 4.65. The van der Waals surface area contributed by atoms with Crippen LogP contribution in [0.2, 0.25) is 0 Å². The molecule has 0 spiro atoms. The van der Waals surface area contributed by atoms with Gasteiger partial charge < -0.3 is 20.4 Å². The topological polar surface area (TPSA) is 122 Å². The summed E-state index contributed by atoms with van der Waals surface area (Å²) in [5.41, 5.74) is 1.74. The molecular weight excluding hydrogens is 356 g/mol. The van der Waals surface area contributed by atoms with Crippen molar-refractivity contribution in [3.63, 3.8) is 0 Å². The quantitative estimate of drug-likeness (QED) is 0.543. The fourth-order valence-electron chi connectivity index (χ4n) is 2.09.